The Morgan fingerprint density at radius 1 is 1.21 bits per heavy atom. The number of alkyl halides is 3. The van der Waals surface area contributed by atoms with Gasteiger partial charge in [-0.15, -0.1) is 0 Å². The molecule has 0 spiro atoms. The van der Waals surface area contributed by atoms with E-state index in [-0.39, 0.29) is 6.04 Å². The molecule has 1 saturated carbocycles. The number of benzene rings is 1. The van der Waals surface area contributed by atoms with Gasteiger partial charge in [0.2, 0.25) is 0 Å². The zero-order valence-electron chi connectivity index (χ0n) is 17.4. The molecule has 1 heterocycles. The summed E-state index contributed by atoms with van der Waals surface area (Å²) >= 11 is 0. The summed E-state index contributed by atoms with van der Waals surface area (Å²) in [5.74, 6) is 0.769. The van der Waals surface area contributed by atoms with Crippen molar-refractivity contribution in [2.75, 3.05) is 4.90 Å². The van der Waals surface area contributed by atoms with Crippen molar-refractivity contribution >= 4 is 5.69 Å². The maximum atomic E-state index is 13.7. The number of hydrogen-bond acceptors (Lipinski definition) is 2. The molecule has 0 radical (unpaired) electrons. The van der Waals surface area contributed by atoms with E-state index in [1.807, 2.05) is 13.0 Å². The Balaban J connectivity index is 1.94. The van der Waals surface area contributed by atoms with Gasteiger partial charge in [0, 0.05) is 17.9 Å². The normalized spacial score (nSPS) is 16.3. The van der Waals surface area contributed by atoms with Gasteiger partial charge in [-0.1, -0.05) is 45.6 Å². The summed E-state index contributed by atoms with van der Waals surface area (Å²) in [5, 5.41) is 0. The van der Waals surface area contributed by atoms with Crippen LogP contribution in [0.5, 0.6) is 0 Å². The number of rotatable bonds is 9. The maximum Gasteiger partial charge on any atom is 0.416 e. The van der Waals surface area contributed by atoms with Crippen molar-refractivity contribution in [3.05, 3.63) is 47.5 Å². The monoisotopic (exact) mass is 407 g/mol. The minimum absolute atomic E-state index is 0.202. The van der Waals surface area contributed by atoms with E-state index in [9.17, 15) is 13.2 Å². The Labute approximate surface area is 171 Å². The summed E-state index contributed by atoms with van der Waals surface area (Å²) in [5.41, 5.74) is 1.50. The molecule has 1 N–H and O–H groups in total. The highest BCUT2D eigenvalue weighted by molar-refractivity contribution is 5.58. The quantitative estimate of drug-likeness (QED) is 0.499. The Bertz CT molecular complexity index is 749. The van der Waals surface area contributed by atoms with Gasteiger partial charge < -0.3 is 9.88 Å². The lowest BCUT2D eigenvalue weighted by molar-refractivity contribution is -0.138. The molecule has 1 atom stereocenters. The molecule has 1 unspecified atom stereocenters. The van der Waals surface area contributed by atoms with Crippen molar-refractivity contribution in [3.8, 4) is 0 Å². The van der Waals surface area contributed by atoms with Crippen LogP contribution in [-0.2, 0) is 19.1 Å². The van der Waals surface area contributed by atoms with Crippen LogP contribution in [-0.4, -0.2) is 16.0 Å². The van der Waals surface area contributed by atoms with Crippen LogP contribution in [0.2, 0.25) is 0 Å². The number of aromatic nitrogens is 2. The molecule has 1 fully saturated rings. The van der Waals surface area contributed by atoms with Crippen LogP contribution in [0.4, 0.5) is 18.9 Å². The first-order chi connectivity index (χ1) is 13.9. The number of imidazole rings is 1. The molecule has 29 heavy (non-hydrogen) atoms. The number of halogens is 3. The van der Waals surface area contributed by atoms with Crippen LogP contribution in [0.15, 0.2) is 30.7 Å². The van der Waals surface area contributed by atoms with Crippen molar-refractivity contribution in [3.63, 3.8) is 0 Å². The Kier molecular flexibility index (Phi) is 7.25. The molecular formula is C23H32F3N3. The summed E-state index contributed by atoms with van der Waals surface area (Å²) in [4.78, 5) is 9.40. The lowest BCUT2D eigenvalue weighted by Crippen LogP contribution is -2.36. The standard InChI is InChI=1S/C23H32F3N3/c1-3-19(13-12-17-8-5-6-9-17)29(15-18-14-27-16-28-18)22-11-7-10-21(20(22)4-2)23(24,25)26/h7,10-11,14,16-17,19H,3-6,8-9,12-13,15H2,1-2H3,(H,27,28). The second-order valence-electron chi connectivity index (χ2n) is 8.15. The number of aromatic amines is 1. The number of nitrogens with zero attached hydrogens (tertiary/aromatic N) is 2. The van der Waals surface area contributed by atoms with E-state index in [1.165, 1.54) is 31.7 Å². The number of anilines is 1. The Morgan fingerprint density at radius 2 is 1.97 bits per heavy atom. The van der Waals surface area contributed by atoms with E-state index < -0.39 is 11.7 Å². The average Bonchev–Trinajstić information content (AvgIpc) is 3.40. The van der Waals surface area contributed by atoms with Crippen LogP contribution < -0.4 is 4.90 Å². The van der Waals surface area contributed by atoms with E-state index in [0.717, 1.165) is 30.9 Å². The molecule has 0 saturated heterocycles. The molecule has 1 aromatic heterocycles. The molecule has 0 amide bonds. The zero-order chi connectivity index (χ0) is 20.9. The zero-order valence-corrected chi connectivity index (χ0v) is 17.4. The fraction of sp³-hybridized carbons (Fsp3) is 0.609. The lowest BCUT2D eigenvalue weighted by atomic mass is 9.94. The van der Waals surface area contributed by atoms with Gasteiger partial charge in [-0.05, 0) is 49.3 Å². The van der Waals surface area contributed by atoms with Crippen LogP contribution in [0.3, 0.4) is 0 Å². The second kappa shape index (κ2) is 9.68. The lowest BCUT2D eigenvalue weighted by Gasteiger charge is -2.36. The molecule has 0 aliphatic heterocycles. The van der Waals surface area contributed by atoms with Gasteiger partial charge in [-0.25, -0.2) is 4.98 Å². The minimum atomic E-state index is -4.34. The van der Waals surface area contributed by atoms with Gasteiger partial charge in [-0.3, -0.25) is 0 Å². The van der Waals surface area contributed by atoms with Gasteiger partial charge in [0.1, 0.15) is 0 Å². The molecule has 6 heteroatoms. The highest BCUT2D eigenvalue weighted by Crippen LogP contribution is 2.39. The number of hydrogen-bond donors (Lipinski definition) is 1. The highest BCUT2D eigenvalue weighted by atomic mass is 19.4. The van der Waals surface area contributed by atoms with E-state index in [1.54, 1.807) is 18.6 Å². The SMILES string of the molecule is CCc1c(N(Cc2cnc[nH]2)C(CC)CCC2CCCC2)cccc1C(F)(F)F. The van der Waals surface area contributed by atoms with Crippen molar-refractivity contribution in [1.29, 1.82) is 0 Å². The van der Waals surface area contributed by atoms with Gasteiger partial charge in [-0.2, -0.15) is 13.2 Å². The average molecular weight is 408 g/mol. The summed E-state index contributed by atoms with van der Waals surface area (Å²) in [7, 11) is 0. The number of nitrogens with one attached hydrogen (secondary N) is 1. The van der Waals surface area contributed by atoms with Crippen LogP contribution >= 0.6 is 0 Å². The smallest absolute Gasteiger partial charge is 0.362 e. The molecule has 2 aromatic rings. The van der Waals surface area contributed by atoms with Crippen molar-refractivity contribution < 1.29 is 13.2 Å². The third-order valence-corrected chi connectivity index (χ3v) is 6.31. The van der Waals surface area contributed by atoms with Crippen LogP contribution in [0.1, 0.15) is 75.6 Å². The molecule has 1 aliphatic carbocycles. The Morgan fingerprint density at radius 3 is 2.55 bits per heavy atom. The molecule has 160 valence electrons. The Hall–Kier alpha value is -1.98. The van der Waals surface area contributed by atoms with Gasteiger partial charge in [0.25, 0.3) is 0 Å². The first-order valence-corrected chi connectivity index (χ1v) is 10.9. The summed E-state index contributed by atoms with van der Waals surface area (Å²) < 4.78 is 41.0. The van der Waals surface area contributed by atoms with E-state index in [2.05, 4.69) is 21.8 Å². The first kappa shape index (κ1) is 21.7. The fourth-order valence-electron chi connectivity index (χ4n) is 4.75. The molecule has 3 rings (SSSR count). The third kappa shape index (κ3) is 5.34. The predicted octanol–water partition coefficient (Wildman–Crippen LogP) is 6.75. The van der Waals surface area contributed by atoms with Gasteiger partial charge >= 0.3 is 6.18 Å². The first-order valence-electron chi connectivity index (χ1n) is 10.9. The predicted molar refractivity (Wildman–Crippen MR) is 111 cm³/mol. The van der Waals surface area contributed by atoms with Crippen molar-refractivity contribution in [2.45, 2.75) is 84.0 Å². The third-order valence-electron chi connectivity index (χ3n) is 6.31. The van der Waals surface area contributed by atoms with E-state index in [4.69, 9.17) is 0 Å². The minimum Gasteiger partial charge on any atom is -0.362 e. The van der Waals surface area contributed by atoms with E-state index >= 15 is 0 Å². The summed E-state index contributed by atoms with van der Waals surface area (Å²) in [6.07, 6.45) is 7.67. The van der Waals surface area contributed by atoms with Crippen molar-refractivity contribution in [1.82, 2.24) is 9.97 Å². The summed E-state index contributed by atoms with van der Waals surface area (Å²) in [6, 6.07) is 4.80. The molecule has 1 aliphatic rings. The van der Waals surface area contributed by atoms with Crippen molar-refractivity contribution in [2.24, 2.45) is 5.92 Å². The van der Waals surface area contributed by atoms with Crippen LogP contribution in [0, 0.1) is 5.92 Å². The molecule has 3 nitrogen and oxygen atoms in total. The van der Waals surface area contributed by atoms with Gasteiger partial charge in [0.05, 0.1) is 24.1 Å². The molecule has 1 aromatic carbocycles. The maximum absolute atomic E-state index is 13.7. The molecular weight excluding hydrogens is 375 g/mol. The van der Waals surface area contributed by atoms with Crippen LogP contribution in [0.25, 0.3) is 0 Å². The second-order valence-corrected chi connectivity index (χ2v) is 8.15. The largest absolute Gasteiger partial charge is 0.416 e. The van der Waals surface area contributed by atoms with Gasteiger partial charge in [0.15, 0.2) is 0 Å². The highest BCUT2D eigenvalue weighted by Gasteiger charge is 2.35. The fourth-order valence-corrected chi connectivity index (χ4v) is 4.75. The number of H-pyrrole nitrogens is 1. The summed E-state index contributed by atoms with van der Waals surface area (Å²) in [6.45, 7) is 4.48. The van der Waals surface area contributed by atoms with E-state index in [0.29, 0.717) is 24.2 Å². The molecule has 0 bridgehead atoms. The topological polar surface area (TPSA) is 31.9 Å².